The fourth-order valence-corrected chi connectivity index (χ4v) is 4.80. The molecule has 2 heterocycles. The first-order valence-corrected chi connectivity index (χ1v) is 11.6. The number of rotatable bonds is 3. The Morgan fingerprint density at radius 1 is 1.16 bits per heavy atom. The molecule has 6 nitrogen and oxygen atoms in total. The van der Waals surface area contributed by atoms with Gasteiger partial charge in [0.2, 0.25) is 0 Å². The van der Waals surface area contributed by atoms with Gasteiger partial charge in [-0.05, 0) is 55.3 Å². The molecule has 2 aromatic carbocycles. The number of nitrogens with zero attached hydrogens (tertiary/aromatic N) is 2. The summed E-state index contributed by atoms with van der Waals surface area (Å²) in [4.78, 5) is 7.06. The molecule has 31 heavy (non-hydrogen) atoms. The van der Waals surface area contributed by atoms with E-state index in [0.717, 1.165) is 69.7 Å². The van der Waals surface area contributed by atoms with E-state index in [1.807, 2.05) is 74.2 Å². The molecule has 0 aromatic heterocycles. The third-order valence-electron chi connectivity index (χ3n) is 5.76. The lowest BCUT2D eigenvalue weighted by Gasteiger charge is -2.30. The first-order valence-electron chi connectivity index (χ1n) is 10.5. The topological polar surface area (TPSA) is 99.9 Å². The normalized spacial score (nSPS) is 20.4. The Morgan fingerprint density at radius 3 is 2.65 bits per heavy atom. The number of nitrogens with two attached hydrogens (primary N) is 2. The van der Waals surface area contributed by atoms with Gasteiger partial charge in [0.05, 0.1) is 17.1 Å². The van der Waals surface area contributed by atoms with Crippen molar-refractivity contribution in [2.75, 3.05) is 46.3 Å². The Labute approximate surface area is 187 Å². The van der Waals surface area contributed by atoms with E-state index in [1.165, 1.54) is 0 Å². The van der Waals surface area contributed by atoms with Crippen LogP contribution in [0.2, 0.25) is 0 Å². The van der Waals surface area contributed by atoms with E-state index in [1.54, 1.807) is 0 Å². The second-order valence-electron chi connectivity index (χ2n) is 7.74. The molecular formula is C24H29N5OS. The minimum atomic E-state index is -0.838. The zero-order valence-corrected chi connectivity index (χ0v) is 18.7. The SMILES string of the molecule is CC=C1C=C(c2cccc(N)c2C)N=C(Nc2ccc(N3CCSCC3)c(N)c2)C1O. The monoisotopic (exact) mass is 435 g/mol. The van der Waals surface area contributed by atoms with Crippen molar-refractivity contribution in [2.24, 2.45) is 4.99 Å². The summed E-state index contributed by atoms with van der Waals surface area (Å²) in [5.41, 5.74) is 19.2. The van der Waals surface area contributed by atoms with E-state index in [-0.39, 0.29) is 0 Å². The number of aliphatic hydroxyl groups is 1. The molecule has 0 radical (unpaired) electrons. The molecule has 0 amide bonds. The van der Waals surface area contributed by atoms with Crippen LogP contribution in [0.5, 0.6) is 0 Å². The van der Waals surface area contributed by atoms with Crippen molar-refractivity contribution in [3.05, 3.63) is 65.3 Å². The van der Waals surface area contributed by atoms with Gasteiger partial charge in [0.15, 0.2) is 0 Å². The Hall–Kier alpha value is -2.90. The highest BCUT2D eigenvalue weighted by Crippen LogP contribution is 2.32. The minimum absolute atomic E-state index is 0.467. The highest BCUT2D eigenvalue weighted by molar-refractivity contribution is 7.99. The van der Waals surface area contributed by atoms with Crippen LogP contribution in [0.1, 0.15) is 18.1 Å². The van der Waals surface area contributed by atoms with E-state index in [0.29, 0.717) is 5.84 Å². The Balaban J connectivity index is 1.63. The van der Waals surface area contributed by atoms with Crippen LogP contribution in [-0.2, 0) is 0 Å². The third kappa shape index (κ3) is 4.43. The van der Waals surface area contributed by atoms with Gasteiger partial charge in [0.25, 0.3) is 0 Å². The number of thioether (sulfide) groups is 1. The largest absolute Gasteiger partial charge is 0.398 e. The van der Waals surface area contributed by atoms with Gasteiger partial charge in [-0.1, -0.05) is 18.2 Å². The highest BCUT2D eigenvalue weighted by Gasteiger charge is 2.24. The molecule has 0 aliphatic carbocycles. The van der Waals surface area contributed by atoms with E-state index in [4.69, 9.17) is 16.5 Å². The lowest BCUT2D eigenvalue weighted by molar-refractivity contribution is 0.279. The fourth-order valence-electron chi connectivity index (χ4n) is 3.90. The van der Waals surface area contributed by atoms with Crippen LogP contribution in [0.4, 0.5) is 22.7 Å². The molecule has 1 fully saturated rings. The molecule has 6 N–H and O–H groups in total. The van der Waals surface area contributed by atoms with E-state index < -0.39 is 6.10 Å². The molecular weight excluding hydrogens is 406 g/mol. The third-order valence-corrected chi connectivity index (χ3v) is 6.70. The smallest absolute Gasteiger partial charge is 0.140 e. The average Bonchev–Trinajstić information content (AvgIpc) is 2.78. The maximum absolute atomic E-state index is 10.8. The van der Waals surface area contributed by atoms with E-state index >= 15 is 0 Å². The predicted octanol–water partition coefficient (Wildman–Crippen LogP) is 3.88. The van der Waals surface area contributed by atoms with Crippen LogP contribution in [0.15, 0.2) is 59.1 Å². The van der Waals surface area contributed by atoms with Gasteiger partial charge < -0.3 is 26.8 Å². The first-order chi connectivity index (χ1) is 15.0. The average molecular weight is 436 g/mol. The van der Waals surface area contributed by atoms with Gasteiger partial charge in [0.1, 0.15) is 11.9 Å². The number of benzene rings is 2. The van der Waals surface area contributed by atoms with Crippen molar-refractivity contribution in [3.8, 4) is 0 Å². The maximum atomic E-state index is 10.8. The van der Waals surface area contributed by atoms with Gasteiger partial charge in [-0.25, -0.2) is 4.99 Å². The summed E-state index contributed by atoms with van der Waals surface area (Å²) in [6.07, 6.45) is 2.97. The van der Waals surface area contributed by atoms with Crippen LogP contribution in [0.25, 0.3) is 5.70 Å². The van der Waals surface area contributed by atoms with Gasteiger partial charge in [0, 0.05) is 41.5 Å². The molecule has 0 bridgehead atoms. The molecule has 2 aromatic rings. The molecule has 162 valence electrons. The number of nitrogens with one attached hydrogen (secondary N) is 1. The molecule has 2 aliphatic rings. The van der Waals surface area contributed by atoms with E-state index in [2.05, 4.69) is 10.2 Å². The molecule has 1 atom stereocenters. The van der Waals surface area contributed by atoms with Crippen molar-refractivity contribution in [2.45, 2.75) is 20.0 Å². The second kappa shape index (κ2) is 9.08. The summed E-state index contributed by atoms with van der Waals surface area (Å²) in [5.74, 6) is 2.70. The van der Waals surface area contributed by atoms with Crippen LogP contribution in [0, 0.1) is 6.92 Å². The highest BCUT2D eigenvalue weighted by atomic mass is 32.2. The van der Waals surface area contributed by atoms with Crippen molar-refractivity contribution in [3.63, 3.8) is 0 Å². The van der Waals surface area contributed by atoms with Crippen LogP contribution in [0.3, 0.4) is 0 Å². The lowest BCUT2D eigenvalue weighted by Crippen LogP contribution is -2.33. The number of aliphatic imine (C=N–C) groups is 1. The molecule has 1 unspecified atom stereocenters. The van der Waals surface area contributed by atoms with Crippen LogP contribution >= 0.6 is 11.8 Å². The number of hydrogen-bond acceptors (Lipinski definition) is 7. The maximum Gasteiger partial charge on any atom is 0.140 e. The molecule has 2 aliphatic heterocycles. The summed E-state index contributed by atoms with van der Waals surface area (Å²) in [5, 5.41) is 14.1. The van der Waals surface area contributed by atoms with Gasteiger partial charge in [-0.2, -0.15) is 11.8 Å². The molecule has 0 saturated carbocycles. The second-order valence-corrected chi connectivity index (χ2v) is 8.96. The first kappa shape index (κ1) is 21.3. The number of amidine groups is 1. The summed E-state index contributed by atoms with van der Waals surface area (Å²) in [6.45, 7) is 5.90. The quantitative estimate of drug-likeness (QED) is 0.546. The number of allylic oxidation sites excluding steroid dienone is 1. The predicted molar refractivity (Wildman–Crippen MR) is 135 cm³/mol. The van der Waals surface area contributed by atoms with Crippen molar-refractivity contribution < 1.29 is 5.11 Å². The molecule has 7 heteroatoms. The summed E-state index contributed by atoms with van der Waals surface area (Å²) < 4.78 is 0. The van der Waals surface area contributed by atoms with Crippen molar-refractivity contribution in [1.82, 2.24) is 0 Å². The number of anilines is 4. The zero-order valence-electron chi connectivity index (χ0n) is 17.9. The van der Waals surface area contributed by atoms with Crippen LogP contribution < -0.4 is 21.7 Å². The van der Waals surface area contributed by atoms with Crippen LogP contribution in [-0.4, -0.2) is 41.6 Å². The number of aliphatic hydroxyl groups excluding tert-OH is 1. The van der Waals surface area contributed by atoms with Gasteiger partial charge in [-0.15, -0.1) is 0 Å². The molecule has 0 spiro atoms. The minimum Gasteiger partial charge on any atom is -0.398 e. The lowest BCUT2D eigenvalue weighted by atomic mass is 9.97. The Bertz CT molecular complexity index is 1070. The van der Waals surface area contributed by atoms with E-state index in [9.17, 15) is 5.11 Å². The summed E-state index contributed by atoms with van der Waals surface area (Å²) in [6, 6.07) is 11.7. The Morgan fingerprint density at radius 2 is 1.94 bits per heavy atom. The zero-order chi connectivity index (χ0) is 22.0. The van der Waals surface area contributed by atoms with Gasteiger partial charge >= 0.3 is 0 Å². The fraction of sp³-hybridized carbons (Fsp3) is 0.292. The Kier molecular flexibility index (Phi) is 6.25. The standard InChI is InChI=1S/C24H29N5OS/c1-3-16-13-21(18-5-4-6-19(25)15(18)2)28-24(23(16)30)27-17-7-8-22(20(26)14-17)29-9-11-31-12-10-29/h3-8,13-14,23,30H,9-12,25-26H2,1-2H3,(H,27,28). The van der Waals surface area contributed by atoms with Gasteiger partial charge in [-0.3, -0.25) is 0 Å². The van der Waals surface area contributed by atoms with Crippen molar-refractivity contribution in [1.29, 1.82) is 0 Å². The molecule has 4 rings (SSSR count). The van der Waals surface area contributed by atoms with Crippen molar-refractivity contribution >= 4 is 46.0 Å². The number of hydrogen-bond donors (Lipinski definition) is 4. The number of nitrogen functional groups attached to an aromatic ring is 2. The molecule has 1 saturated heterocycles. The summed E-state index contributed by atoms with van der Waals surface area (Å²) >= 11 is 1.97. The summed E-state index contributed by atoms with van der Waals surface area (Å²) in [7, 11) is 0.